The smallest absolute Gasteiger partial charge is 0.253 e. The number of para-hydroxylation sites is 1. The van der Waals surface area contributed by atoms with E-state index >= 15 is 0 Å². The van der Waals surface area contributed by atoms with Crippen LogP contribution in [-0.4, -0.2) is 43.0 Å². The summed E-state index contributed by atoms with van der Waals surface area (Å²) in [6.07, 6.45) is 6.50. The fourth-order valence-corrected chi connectivity index (χ4v) is 4.22. The van der Waals surface area contributed by atoms with Crippen molar-refractivity contribution in [2.75, 3.05) is 25.5 Å². The van der Waals surface area contributed by atoms with Crippen molar-refractivity contribution in [3.8, 4) is 5.75 Å². The SMILES string of the molecule is COc1ccc([C@@H]2CCCCCN2CC(=O)Nc2ccccc2C(=O)NC2CC2)cc1. The Morgan fingerprint density at radius 2 is 1.77 bits per heavy atom. The van der Waals surface area contributed by atoms with Crippen LogP contribution in [0.25, 0.3) is 0 Å². The Bertz CT molecular complexity index is 908. The third kappa shape index (κ3) is 5.64. The summed E-state index contributed by atoms with van der Waals surface area (Å²) in [4.78, 5) is 27.8. The zero-order chi connectivity index (χ0) is 21.6. The van der Waals surface area contributed by atoms with E-state index in [0.29, 0.717) is 17.8 Å². The average Bonchev–Trinajstić information content (AvgIpc) is 3.62. The number of hydrogen-bond acceptors (Lipinski definition) is 4. The van der Waals surface area contributed by atoms with Crippen LogP contribution >= 0.6 is 0 Å². The Kier molecular flexibility index (Phi) is 6.87. The first-order valence-corrected chi connectivity index (χ1v) is 11.2. The van der Waals surface area contributed by atoms with E-state index in [4.69, 9.17) is 4.74 Å². The van der Waals surface area contributed by atoms with Gasteiger partial charge in [-0.1, -0.05) is 37.1 Å². The first kappa shape index (κ1) is 21.4. The van der Waals surface area contributed by atoms with Gasteiger partial charge in [0.05, 0.1) is 24.9 Å². The van der Waals surface area contributed by atoms with Crippen LogP contribution in [0.3, 0.4) is 0 Å². The molecule has 0 bridgehead atoms. The molecule has 4 rings (SSSR count). The van der Waals surface area contributed by atoms with Crippen LogP contribution in [0, 0.1) is 0 Å². The second-order valence-corrected chi connectivity index (χ2v) is 8.45. The van der Waals surface area contributed by atoms with Gasteiger partial charge in [-0.05, 0) is 62.1 Å². The Morgan fingerprint density at radius 3 is 2.52 bits per heavy atom. The van der Waals surface area contributed by atoms with Crippen molar-refractivity contribution in [2.45, 2.75) is 50.6 Å². The summed E-state index contributed by atoms with van der Waals surface area (Å²) < 4.78 is 5.29. The molecule has 2 aromatic carbocycles. The minimum Gasteiger partial charge on any atom is -0.497 e. The van der Waals surface area contributed by atoms with Gasteiger partial charge in [0.25, 0.3) is 5.91 Å². The minimum atomic E-state index is -0.121. The lowest BCUT2D eigenvalue weighted by atomic mass is 10.0. The highest BCUT2D eigenvalue weighted by Crippen LogP contribution is 2.31. The van der Waals surface area contributed by atoms with Gasteiger partial charge in [0.15, 0.2) is 0 Å². The van der Waals surface area contributed by atoms with Gasteiger partial charge < -0.3 is 15.4 Å². The lowest BCUT2D eigenvalue weighted by Crippen LogP contribution is -2.36. The molecule has 6 nitrogen and oxygen atoms in total. The molecule has 31 heavy (non-hydrogen) atoms. The summed E-state index contributed by atoms with van der Waals surface area (Å²) >= 11 is 0. The van der Waals surface area contributed by atoms with E-state index in [0.717, 1.165) is 44.4 Å². The fraction of sp³-hybridized carbons (Fsp3) is 0.440. The number of benzene rings is 2. The second-order valence-electron chi connectivity index (χ2n) is 8.45. The Balaban J connectivity index is 1.45. The number of likely N-dealkylation sites (tertiary alicyclic amines) is 1. The Hall–Kier alpha value is -2.86. The molecule has 1 aliphatic carbocycles. The number of amides is 2. The normalized spacial score (nSPS) is 19.3. The highest BCUT2D eigenvalue weighted by atomic mass is 16.5. The number of carbonyl (C=O) groups excluding carboxylic acids is 2. The molecule has 0 radical (unpaired) electrons. The van der Waals surface area contributed by atoms with Gasteiger partial charge in [0.1, 0.15) is 5.75 Å². The van der Waals surface area contributed by atoms with Crippen LogP contribution < -0.4 is 15.4 Å². The zero-order valence-electron chi connectivity index (χ0n) is 18.1. The molecule has 2 aromatic rings. The molecule has 1 saturated carbocycles. The van der Waals surface area contributed by atoms with Crippen LogP contribution in [0.4, 0.5) is 5.69 Å². The lowest BCUT2D eigenvalue weighted by molar-refractivity contribution is -0.117. The van der Waals surface area contributed by atoms with Crippen molar-refractivity contribution in [3.63, 3.8) is 0 Å². The van der Waals surface area contributed by atoms with Gasteiger partial charge in [0, 0.05) is 12.1 Å². The maximum absolute atomic E-state index is 13.0. The topological polar surface area (TPSA) is 70.7 Å². The van der Waals surface area contributed by atoms with Crippen molar-refractivity contribution in [1.82, 2.24) is 10.2 Å². The van der Waals surface area contributed by atoms with Gasteiger partial charge in [0.2, 0.25) is 5.91 Å². The van der Waals surface area contributed by atoms with Gasteiger partial charge in [-0.3, -0.25) is 14.5 Å². The highest BCUT2D eigenvalue weighted by Gasteiger charge is 2.27. The van der Waals surface area contributed by atoms with Crippen LogP contribution in [0.1, 0.15) is 60.5 Å². The van der Waals surface area contributed by atoms with Crippen molar-refractivity contribution in [1.29, 1.82) is 0 Å². The molecule has 2 fully saturated rings. The van der Waals surface area contributed by atoms with Crippen molar-refractivity contribution in [3.05, 3.63) is 59.7 Å². The molecular formula is C25H31N3O3. The number of hydrogen-bond donors (Lipinski definition) is 2. The van der Waals surface area contributed by atoms with E-state index < -0.39 is 0 Å². The molecule has 1 aliphatic heterocycles. The number of anilines is 1. The molecule has 2 amide bonds. The van der Waals surface area contributed by atoms with E-state index in [1.807, 2.05) is 24.3 Å². The summed E-state index contributed by atoms with van der Waals surface area (Å²) in [6.45, 7) is 1.18. The summed E-state index contributed by atoms with van der Waals surface area (Å²) in [5.74, 6) is 0.624. The lowest BCUT2D eigenvalue weighted by Gasteiger charge is -2.30. The number of methoxy groups -OCH3 is 1. The minimum absolute atomic E-state index is 0.0907. The highest BCUT2D eigenvalue weighted by molar-refractivity contribution is 6.04. The molecule has 2 N–H and O–H groups in total. The van der Waals surface area contributed by atoms with Gasteiger partial charge >= 0.3 is 0 Å². The Morgan fingerprint density at radius 1 is 1.00 bits per heavy atom. The van der Waals surface area contributed by atoms with Gasteiger partial charge in [-0.2, -0.15) is 0 Å². The molecular weight excluding hydrogens is 390 g/mol. The summed E-state index contributed by atoms with van der Waals surface area (Å²) in [7, 11) is 1.67. The maximum atomic E-state index is 13.0. The van der Waals surface area contributed by atoms with Gasteiger partial charge in [-0.25, -0.2) is 0 Å². The van der Waals surface area contributed by atoms with E-state index in [9.17, 15) is 9.59 Å². The molecule has 1 atom stereocenters. The predicted molar refractivity (Wildman–Crippen MR) is 121 cm³/mol. The monoisotopic (exact) mass is 421 g/mol. The van der Waals surface area contributed by atoms with Crippen LogP contribution in [0.2, 0.25) is 0 Å². The average molecular weight is 422 g/mol. The molecule has 0 spiro atoms. The van der Waals surface area contributed by atoms with Crippen molar-refractivity contribution < 1.29 is 14.3 Å². The molecule has 0 unspecified atom stereocenters. The summed E-state index contributed by atoms with van der Waals surface area (Å²) in [5.41, 5.74) is 2.30. The number of carbonyl (C=O) groups is 2. The van der Waals surface area contributed by atoms with Crippen LogP contribution in [-0.2, 0) is 4.79 Å². The van der Waals surface area contributed by atoms with Gasteiger partial charge in [-0.15, -0.1) is 0 Å². The maximum Gasteiger partial charge on any atom is 0.253 e. The van der Waals surface area contributed by atoms with E-state index in [1.54, 1.807) is 19.2 Å². The number of rotatable bonds is 7. The molecule has 164 valence electrons. The molecule has 0 aromatic heterocycles. The van der Waals surface area contributed by atoms with Crippen LogP contribution in [0.15, 0.2) is 48.5 Å². The molecule has 2 aliphatic rings. The fourth-order valence-electron chi connectivity index (χ4n) is 4.22. The van der Waals surface area contributed by atoms with E-state index in [-0.39, 0.29) is 23.9 Å². The summed E-state index contributed by atoms with van der Waals surface area (Å²) in [6, 6.07) is 15.9. The largest absolute Gasteiger partial charge is 0.497 e. The molecule has 6 heteroatoms. The predicted octanol–water partition coefficient (Wildman–Crippen LogP) is 4.14. The number of nitrogens with zero attached hydrogens (tertiary/aromatic N) is 1. The second kappa shape index (κ2) is 9.96. The summed E-state index contributed by atoms with van der Waals surface area (Å²) in [5, 5.41) is 5.98. The van der Waals surface area contributed by atoms with Crippen molar-refractivity contribution >= 4 is 17.5 Å². The van der Waals surface area contributed by atoms with E-state index in [2.05, 4.69) is 27.7 Å². The number of ether oxygens (including phenoxy) is 1. The van der Waals surface area contributed by atoms with Crippen LogP contribution in [0.5, 0.6) is 5.75 Å². The quantitative estimate of drug-likeness (QED) is 0.705. The third-order valence-electron chi connectivity index (χ3n) is 6.07. The standard InChI is InChI=1S/C25H31N3O3/c1-31-20-14-10-18(11-15-20)23-9-3-2-6-16-28(23)17-24(29)27-22-8-5-4-7-21(22)25(30)26-19-12-13-19/h4-5,7-8,10-11,14-15,19,23H,2-3,6,9,12-13,16-17H2,1H3,(H,26,30)(H,27,29)/t23-/m0/s1. The van der Waals surface area contributed by atoms with E-state index in [1.165, 1.54) is 12.0 Å². The third-order valence-corrected chi connectivity index (χ3v) is 6.07. The first-order chi connectivity index (χ1) is 15.1. The first-order valence-electron chi connectivity index (χ1n) is 11.2. The molecule has 1 saturated heterocycles. The number of nitrogens with one attached hydrogen (secondary N) is 2. The molecule has 1 heterocycles. The zero-order valence-corrected chi connectivity index (χ0v) is 18.1. The van der Waals surface area contributed by atoms with Crippen molar-refractivity contribution in [2.24, 2.45) is 0 Å². The Labute approximate surface area is 184 Å².